The Morgan fingerprint density at radius 1 is 1.18 bits per heavy atom. The number of hydrogen-bond acceptors (Lipinski definition) is 3. The summed E-state index contributed by atoms with van der Waals surface area (Å²) in [6.45, 7) is 0.543. The molecule has 5 nitrogen and oxygen atoms in total. The van der Waals surface area contributed by atoms with Crippen molar-refractivity contribution < 1.29 is 9.59 Å². The second kappa shape index (κ2) is 6.15. The molecule has 1 heterocycles. The van der Waals surface area contributed by atoms with Crippen molar-refractivity contribution >= 4 is 28.3 Å². The van der Waals surface area contributed by atoms with Gasteiger partial charge in [0.05, 0.1) is 6.54 Å². The summed E-state index contributed by atoms with van der Waals surface area (Å²) in [6.07, 6.45) is 1.52. The minimum atomic E-state index is -0.421. The highest BCUT2D eigenvalue weighted by Gasteiger charge is 2.33. The van der Waals surface area contributed by atoms with Gasteiger partial charge in [0, 0.05) is 17.6 Å². The maximum Gasteiger partial charge on any atom is 0.247 e. The summed E-state index contributed by atoms with van der Waals surface area (Å²) in [5.74, 6) is -0.314. The first kappa shape index (κ1) is 14.5. The number of anilines is 1. The van der Waals surface area contributed by atoms with Gasteiger partial charge in [-0.1, -0.05) is 36.4 Å². The second-order valence-electron chi connectivity index (χ2n) is 5.47. The third-order valence-electron chi connectivity index (χ3n) is 4.10. The maximum atomic E-state index is 12.5. The van der Waals surface area contributed by atoms with Gasteiger partial charge in [0.1, 0.15) is 6.04 Å². The van der Waals surface area contributed by atoms with Crippen molar-refractivity contribution in [3.05, 3.63) is 42.5 Å². The Bertz CT molecular complexity index is 709. The third-order valence-corrected chi connectivity index (χ3v) is 4.10. The summed E-state index contributed by atoms with van der Waals surface area (Å²) in [5.41, 5.74) is 6.19. The predicted molar refractivity (Wildman–Crippen MR) is 86.4 cm³/mol. The summed E-state index contributed by atoms with van der Waals surface area (Å²) in [5, 5.41) is 5.03. The van der Waals surface area contributed by atoms with E-state index in [1.165, 1.54) is 0 Å². The van der Waals surface area contributed by atoms with Crippen LogP contribution in [0.1, 0.15) is 12.8 Å². The number of nitrogens with zero attached hydrogens (tertiary/aromatic N) is 1. The van der Waals surface area contributed by atoms with Crippen molar-refractivity contribution in [2.24, 2.45) is 5.73 Å². The van der Waals surface area contributed by atoms with Gasteiger partial charge in [-0.15, -0.1) is 0 Å². The topological polar surface area (TPSA) is 75.4 Å². The highest BCUT2D eigenvalue weighted by molar-refractivity contribution is 6.04. The fourth-order valence-corrected chi connectivity index (χ4v) is 3.01. The number of fused-ring (bicyclic) bond motifs is 1. The zero-order chi connectivity index (χ0) is 15.5. The van der Waals surface area contributed by atoms with Crippen molar-refractivity contribution in [2.45, 2.75) is 18.9 Å². The first-order valence-corrected chi connectivity index (χ1v) is 7.49. The van der Waals surface area contributed by atoms with E-state index in [0.717, 1.165) is 22.9 Å². The molecular weight excluding hydrogens is 278 g/mol. The molecule has 22 heavy (non-hydrogen) atoms. The van der Waals surface area contributed by atoms with Crippen molar-refractivity contribution in [2.75, 3.05) is 18.4 Å². The normalized spacial score (nSPS) is 17.7. The number of rotatable bonds is 3. The number of carbonyl (C=O) groups excluding carboxylic acids is 2. The standard InChI is InChI=1S/C17H19N3O2/c18-11-16(21)20-10-4-9-15(20)17(22)19-14-8-3-6-12-5-1-2-7-13(12)14/h1-3,5-8,15H,4,9-11,18H2,(H,19,22). The summed E-state index contributed by atoms with van der Waals surface area (Å²) >= 11 is 0. The second-order valence-corrected chi connectivity index (χ2v) is 5.47. The van der Waals surface area contributed by atoms with Crippen molar-refractivity contribution in [1.82, 2.24) is 4.90 Å². The number of nitrogens with two attached hydrogens (primary N) is 1. The molecule has 0 radical (unpaired) electrons. The van der Waals surface area contributed by atoms with Crippen LogP contribution >= 0.6 is 0 Å². The van der Waals surface area contributed by atoms with E-state index in [-0.39, 0.29) is 18.4 Å². The Morgan fingerprint density at radius 3 is 2.77 bits per heavy atom. The molecule has 1 saturated heterocycles. The van der Waals surface area contributed by atoms with Gasteiger partial charge in [0.25, 0.3) is 0 Å². The van der Waals surface area contributed by atoms with E-state index in [9.17, 15) is 9.59 Å². The summed E-state index contributed by atoms with van der Waals surface area (Å²) in [6, 6.07) is 13.3. The Kier molecular flexibility index (Phi) is 4.06. The number of benzene rings is 2. The molecule has 3 rings (SSSR count). The van der Waals surface area contributed by atoms with Gasteiger partial charge in [-0.2, -0.15) is 0 Å². The Hall–Kier alpha value is -2.40. The lowest BCUT2D eigenvalue weighted by Gasteiger charge is -2.23. The van der Waals surface area contributed by atoms with Gasteiger partial charge in [0.2, 0.25) is 11.8 Å². The molecule has 1 unspecified atom stereocenters. The van der Waals surface area contributed by atoms with Crippen LogP contribution in [0.3, 0.4) is 0 Å². The Balaban J connectivity index is 1.83. The molecule has 2 aromatic carbocycles. The van der Waals surface area contributed by atoms with Crippen LogP contribution in [0.5, 0.6) is 0 Å². The van der Waals surface area contributed by atoms with E-state index in [0.29, 0.717) is 13.0 Å². The summed E-state index contributed by atoms with van der Waals surface area (Å²) < 4.78 is 0. The van der Waals surface area contributed by atoms with Crippen LogP contribution in [0.15, 0.2) is 42.5 Å². The molecule has 1 aliphatic heterocycles. The van der Waals surface area contributed by atoms with Crippen LogP contribution in [-0.2, 0) is 9.59 Å². The van der Waals surface area contributed by atoms with Gasteiger partial charge < -0.3 is 16.0 Å². The molecule has 0 aromatic heterocycles. The van der Waals surface area contributed by atoms with Gasteiger partial charge >= 0.3 is 0 Å². The van der Waals surface area contributed by atoms with Gasteiger partial charge in [0.15, 0.2) is 0 Å². The minimum Gasteiger partial charge on any atom is -0.330 e. The van der Waals surface area contributed by atoms with Gasteiger partial charge in [-0.25, -0.2) is 0 Å². The minimum absolute atomic E-state index is 0.0575. The molecule has 1 fully saturated rings. The van der Waals surface area contributed by atoms with Crippen molar-refractivity contribution in [1.29, 1.82) is 0 Å². The largest absolute Gasteiger partial charge is 0.330 e. The highest BCUT2D eigenvalue weighted by atomic mass is 16.2. The lowest BCUT2D eigenvalue weighted by atomic mass is 10.1. The third kappa shape index (κ3) is 2.67. The SMILES string of the molecule is NCC(=O)N1CCCC1C(=O)Nc1cccc2ccccc12. The maximum absolute atomic E-state index is 12.5. The Labute approximate surface area is 129 Å². The molecule has 114 valence electrons. The molecule has 3 N–H and O–H groups in total. The van der Waals surface area contributed by atoms with Crippen LogP contribution in [0.4, 0.5) is 5.69 Å². The molecule has 0 spiro atoms. The molecule has 2 aromatic rings. The van der Waals surface area contributed by atoms with Crippen molar-refractivity contribution in [3.8, 4) is 0 Å². The fourth-order valence-electron chi connectivity index (χ4n) is 3.01. The first-order valence-electron chi connectivity index (χ1n) is 7.49. The van der Waals surface area contributed by atoms with Crippen LogP contribution in [0.25, 0.3) is 10.8 Å². The monoisotopic (exact) mass is 297 g/mol. The van der Waals surface area contributed by atoms with Crippen LogP contribution in [0, 0.1) is 0 Å². The van der Waals surface area contributed by atoms with E-state index in [4.69, 9.17) is 5.73 Å². The van der Waals surface area contributed by atoms with Crippen LogP contribution in [-0.4, -0.2) is 35.8 Å². The average molecular weight is 297 g/mol. The summed E-state index contributed by atoms with van der Waals surface area (Å²) in [7, 11) is 0. The quantitative estimate of drug-likeness (QED) is 0.906. The lowest BCUT2D eigenvalue weighted by molar-refractivity contribution is -0.135. The zero-order valence-corrected chi connectivity index (χ0v) is 12.3. The molecule has 0 saturated carbocycles. The fraction of sp³-hybridized carbons (Fsp3) is 0.294. The lowest BCUT2D eigenvalue weighted by Crippen LogP contribution is -2.45. The Morgan fingerprint density at radius 2 is 1.95 bits per heavy atom. The average Bonchev–Trinajstić information content (AvgIpc) is 3.04. The summed E-state index contributed by atoms with van der Waals surface area (Å²) in [4.78, 5) is 25.9. The van der Waals surface area contributed by atoms with Gasteiger partial charge in [-0.05, 0) is 24.3 Å². The van der Waals surface area contributed by atoms with Crippen LogP contribution < -0.4 is 11.1 Å². The molecular formula is C17H19N3O2. The molecule has 2 amide bonds. The van der Waals surface area contributed by atoms with E-state index >= 15 is 0 Å². The number of nitrogens with one attached hydrogen (secondary N) is 1. The molecule has 0 aliphatic carbocycles. The van der Waals surface area contributed by atoms with E-state index in [1.54, 1.807) is 4.90 Å². The number of amides is 2. The zero-order valence-electron chi connectivity index (χ0n) is 12.3. The van der Waals surface area contributed by atoms with E-state index in [1.807, 2.05) is 42.5 Å². The predicted octanol–water partition coefficient (Wildman–Crippen LogP) is 1.73. The molecule has 1 atom stereocenters. The van der Waals surface area contributed by atoms with Crippen molar-refractivity contribution in [3.63, 3.8) is 0 Å². The molecule has 1 aliphatic rings. The number of likely N-dealkylation sites (tertiary alicyclic amines) is 1. The molecule has 0 bridgehead atoms. The van der Waals surface area contributed by atoms with Crippen LogP contribution in [0.2, 0.25) is 0 Å². The van der Waals surface area contributed by atoms with E-state index in [2.05, 4.69) is 5.32 Å². The number of hydrogen-bond donors (Lipinski definition) is 2. The molecule has 5 heteroatoms. The van der Waals surface area contributed by atoms with E-state index < -0.39 is 6.04 Å². The number of carbonyl (C=O) groups is 2. The van der Waals surface area contributed by atoms with Gasteiger partial charge in [-0.3, -0.25) is 9.59 Å². The first-order chi connectivity index (χ1) is 10.7. The highest BCUT2D eigenvalue weighted by Crippen LogP contribution is 2.25. The smallest absolute Gasteiger partial charge is 0.247 e.